The van der Waals surface area contributed by atoms with Crippen molar-refractivity contribution in [2.45, 2.75) is 58.0 Å². The second-order valence-corrected chi connectivity index (χ2v) is 7.28. The molecular formula is C20H23F2N5O. The van der Waals surface area contributed by atoms with Gasteiger partial charge in [0.2, 0.25) is 5.95 Å². The van der Waals surface area contributed by atoms with Gasteiger partial charge in [-0.3, -0.25) is 9.36 Å². The van der Waals surface area contributed by atoms with E-state index >= 15 is 0 Å². The van der Waals surface area contributed by atoms with Gasteiger partial charge in [-0.1, -0.05) is 25.8 Å². The summed E-state index contributed by atoms with van der Waals surface area (Å²) in [5.41, 5.74) is 0.897. The van der Waals surface area contributed by atoms with Crippen LogP contribution in [-0.4, -0.2) is 19.5 Å². The maximum absolute atomic E-state index is 13.9. The fourth-order valence-electron chi connectivity index (χ4n) is 3.80. The van der Waals surface area contributed by atoms with Crippen molar-refractivity contribution in [1.29, 1.82) is 0 Å². The second-order valence-electron chi connectivity index (χ2n) is 7.28. The van der Waals surface area contributed by atoms with Crippen LogP contribution in [0, 0.1) is 11.6 Å². The monoisotopic (exact) mass is 387 g/mol. The van der Waals surface area contributed by atoms with E-state index in [1.54, 1.807) is 4.57 Å². The highest BCUT2D eigenvalue weighted by Gasteiger charge is 2.22. The summed E-state index contributed by atoms with van der Waals surface area (Å²) in [5, 5.41) is 3.02. The highest BCUT2D eigenvalue weighted by atomic mass is 19.1. The van der Waals surface area contributed by atoms with Crippen LogP contribution in [0.5, 0.6) is 0 Å². The average Bonchev–Trinajstić information content (AvgIpc) is 3.33. The standard InChI is InChI=1S/C20H23F2N5O/c1-2-9-27-19(28)16-18(25-17(24-16)12-5-3-4-6-12)26-20(27)23-11-13-7-8-14(21)10-15(13)22/h7-8,10,12H,2-6,9,11H2,1H3,(H,23,26)(H,24,25). The molecule has 1 aliphatic rings. The molecule has 1 aromatic carbocycles. The number of imidazole rings is 1. The molecule has 28 heavy (non-hydrogen) atoms. The summed E-state index contributed by atoms with van der Waals surface area (Å²) in [6.45, 7) is 2.54. The van der Waals surface area contributed by atoms with E-state index in [1.165, 1.54) is 25.0 Å². The normalized spacial score (nSPS) is 14.8. The van der Waals surface area contributed by atoms with Crippen molar-refractivity contribution in [2.24, 2.45) is 0 Å². The van der Waals surface area contributed by atoms with Crippen molar-refractivity contribution in [1.82, 2.24) is 19.5 Å². The molecule has 8 heteroatoms. The minimum absolute atomic E-state index is 0.0910. The molecule has 1 aliphatic carbocycles. The number of nitrogens with zero attached hydrogens (tertiary/aromatic N) is 3. The SMILES string of the molecule is CCCn1c(NCc2ccc(F)cc2F)nc2nc(C3CCCC3)[nH]c2c1=O. The zero-order valence-electron chi connectivity index (χ0n) is 15.8. The van der Waals surface area contributed by atoms with E-state index in [2.05, 4.69) is 20.3 Å². The summed E-state index contributed by atoms with van der Waals surface area (Å²) >= 11 is 0. The van der Waals surface area contributed by atoms with Gasteiger partial charge < -0.3 is 10.3 Å². The minimum Gasteiger partial charge on any atom is -0.351 e. The first-order valence-corrected chi connectivity index (χ1v) is 9.75. The zero-order chi connectivity index (χ0) is 19.7. The lowest BCUT2D eigenvalue weighted by Gasteiger charge is -2.13. The van der Waals surface area contributed by atoms with Crippen molar-refractivity contribution >= 4 is 17.1 Å². The first-order chi connectivity index (χ1) is 13.6. The number of H-pyrrole nitrogens is 1. The van der Waals surface area contributed by atoms with Crippen molar-refractivity contribution in [3.8, 4) is 0 Å². The molecule has 0 radical (unpaired) electrons. The maximum Gasteiger partial charge on any atom is 0.280 e. The number of nitrogens with one attached hydrogen (secondary N) is 2. The van der Waals surface area contributed by atoms with E-state index in [4.69, 9.17) is 0 Å². The van der Waals surface area contributed by atoms with Crippen molar-refractivity contribution < 1.29 is 8.78 Å². The van der Waals surface area contributed by atoms with E-state index in [-0.39, 0.29) is 12.1 Å². The summed E-state index contributed by atoms with van der Waals surface area (Å²) in [6, 6.07) is 3.43. The fourth-order valence-corrected chi connectivity index (χ4v) is 3.80. The summed E-state index contributed by atoms with van der Waals surface area (Å²) in [5.74, 6) is 0.244. The Morgan fingerprint density at radius 1 is 1.25 bits per heavy atom. The first-order valence-electron chi connectivity index (χ1n) is 9.75. The Kier molecular flexibility index (Phi) is 5.11. The van der Waals surface area contributed by atoms with Crippen LogP contribution in [0.1, 0.15) is 56.3 Å². The molecule has 0 spiro atoms. The lowest BCUT2D eigenvalue weighted by Crippen LogP contribution is -2.25. The van der Waals surface area contributed by atoms with Crippen molar-refractivity contribution in [3.05, 3.63) is 51.6 Å². The molecule has 0 atom stereocenters. The molecule has 6 nitrogen and oxygen atoms in total. The third kappa shape index (κ3) is 3.50. The number of rotatable bonds is 6. The van der Waals surface area contributed by atoms with Crippen LogP contribution in [0.15, 0.2) is 23.0 Å². The van der Waals surface area contributed by atoms with E-state index in [0.717, 1.165) is 31.2 Å². The molecular weight excluding hydrogens is 364 g/mol. The summed E-state index contributed by atoms with van der Waals surface area (Å²) in [7, 11) is 0. The van der Waals surface area contributed by atoms with Crippen LogP contribution in [0.2, 0.25) is 0 Å². The predicted octanol–water partition coefficient (Wildman–Crippen LogP) is 4.08. The van der Waals surface area contributed by atoms with E-state index in [1.807, 2.05) is 6.92 Å². The molecule has 148 valence electrons. The second kappa shape index (κ2) is 7.69. The molecule has 4 rings (SSSR count). The van der Waals surface area contributed by atoms with E-state index in [0.29, 0.717) is 35.1 Å². The van der Waals surface area contributed by atoms with Crippen LogP contribution in [0.3, 0.4) is 0 Å². The lowest BCUT2D eigenvalue weighted by molar-refractivity contribution is 0.573. The molecule has 2 heterocycles. The van der Waals surface area contributed by atoms with Gasteiger partial charge in [0.25, 0.3) is 5.56 Å². The number of halogens is 2. The Morgan fingerprint density at radius 3 is 2.75 bits per heavy atom. The van der Waals surface area contributed by atoms with Gasteiger partial charge in [0.05, 0.1) is 0 Å². The van der Waals surface area contributed by atoms with Crippen LogP contribution in [0.4, 0.5) is 14.7 Å². The first kappa shape index (κ1) is 18.6. The Balaban J connectivity index is 1.69. The molecule has 0 saturated heterocycles. The van der Waals surface area contributed by atoms with E-state index < -0.39 is 11.6 Å². The zero-order valence-corrected chi connectivity index (χ0v) is 15.8. The van der Waals surface area contributed by atoms with Crippen molar-refractivity contribution in [2.75, 3.05) is 5.32 Å². The third-order valence-electron chi connectivity index (χ3n) is 5.27. The number of hydrogen-bond donors (Lipinski definition) is 2. The van der Waals surface area contributed by atoms with Gasteiger partial charge in [0.15, 0.2) is 11.2 Å². The van der Waals surface area contributed by atoms with Gasteiger partial charge in [-0.05, 0) is 25.3 Å². The van der Waals surface area contributed by atoms with E-state index in [9.17, 15) is 13.6 Å². The van der Waals surface area contributed by atoms with Gasteiger partial charge in [0, 0.05) is 30.6 Å². The van der Waals surface area contributed by atoms with Gasteiger partial charge in [0.1, 0.15) is 17.5 Å². The largest absolute Gasteiger partial charge is 0.351 e. The summed E-state index contributed by atoms with van der Waals surface area (Å²) in [6.07, 6.45) is 5.22. The van der Waals surface area contributed by atoms with Gasteiger partial charge >= 0.3 is 0 Å². The molecule has 0 bridgehead atoms. The summed E-state index contributed by atoms with van der Waals surface area (Å²) < 4.78 is 28.6. The Hall–Kier alpha value is -2.77. The molecule has 0 aliphatic heterocycles. The van der Waals surface area contributed by atoms with Gasteiger partial charge in [-0.25, -0.2) is 13.8 Å². The van der Waals surface area contributed by atoms with Crippen molar-refractivity contribution in [3.63, 3.8) is 0 Å². The number of aromatic nitrogens is 4. The van der Waals surface area contributed by atoms with Crippen LogP contribution in [-0.2, 0) is 13.1 Å². The summed E-state index contributed by atoms with van der Waals surface area (Å²) in [4.78, 5) is 25.2. The predicted molar refractivity (Wildman–Crippen MR) is 103 cm³/mol. The third-order valence-corrected chi connectivity index (χ3v) is 5.27. The topological polar surface area (TPSA) is 75.6 Å². The van der Waals surface area contributed by atoms with Gasteiger partial charge in [-0.15, -0.1) is 0 Å². The minimum atomic E-state index is -0.638. The maximum atomic E-state index is 13.9. The Morgan fingerprint density at radius 2 is 2.04 bits per heavy atom. The number of hydrogen-bond acceptors (Lipinski definition) is 4. The molecule has 0 unspecified atom stereocenters. The van der Waals surface area contributed by atoms with Crippen LogP contribution in [0.25, 0.3) is 11.2 Å². The Labute approximate surface area is 161 Å². The number of anilines is 1. The number of fused-ring (bicyclic) bond motifs is 1. The fraction of sp³-hybridized carbons (Fsp3) is 0.450. The molecule has 3 aromatic rings. The smallest absolute Gasteiger partial charge is 0.280 e. The molecule has 2 aromatic heterocycles. The number of aromatic amines is 1. The van der Waals surface area contributed by atoms with Crippen LogP contribution < -0.4 is 10.9 Å². The molecule has 0 amide bonds. The quantitative estimate of drug-likeness (QED) is 0.668. The van der Waals surface area contributed by atoms with Gasteiger partial charge in [-0.2, -0.15) is 4.98 Å². The molecule has 1 saturated carbocycles. The lowest BCUT2D eigenvalue weighted by atomic mass is 10.1. The number of benzene rings is 1. The highest BCUT2D eigenvalue weighted by Crippen LogP contribution is 2.32. The Bertz CT molecular complexity index is 1050. The molecule has 1 fully saturated rings. The highest BCUT2D eigenvalue weighted by molar-refractivity contribution is 5.71. The van der Waals surface area contributed by atoms with Crippen LogP contribution >= 0.6 is 0 Å². The average molecular weight is 387 g/mol. The molecule has 2 N–H and O–H groups in total.